The van der Waals surface area contributed by atoms with Gasteiger partial charge in [0.15, 0.2) is 17.4 Å². The van der Waals surface area contributed by atoms with Crippen LogP contribution in [0.4, 0.5) is 4.39 Å². The zero-order chi connectivity index (χ0) is 14.9. The Morgan fingerprint density at radius 2 is 1.90 bits per heavy atom. The van der Waals surface area contributed by atoms with Crippen molar-refractivity contribution in [3.05, 3.63) is 57.1 Å². The summed E-state index contributed by atoms with van der Waals surface area (Å²) in [4.78, 5) is 26.5. The van der Waals surface area contributed by atoms with Crippen molar-refractivity contribution in [1.29, 1.82) is 0 Å². The third-order valence-corrected chi connectivity index (χ3v) is 3.44. The lowest BCUT2D eigenvalue weighted by Gasteiger charge is -2.04. The van der Waals surface area contributed by atoms with E-state index in [1.807, 2.05) is 0 Å². The molecule has 0 spiro atoms. The Labute approximate surface area is 124 Å². The Morgan fingerprint density at radius 3 is 2.55 bits per heavy atom. The molecule has 0 saturated carbocycles. The number of benzene rings is 1. The number of H-pyrrole nitrogens is 1. The molecule has 0 aliphatic rings. The second-order valence-corrected chi connectivity index (χ2v) is 4.94. The molecule has 1 heterocycles. The van der Waals surface area contributed by atoms with Gasteiger partial charge in [-0.25, -0.2) is 4.39 Å². The van der Waals surface area contributed by atoms with Crippen LogP contribution in [-0.4, -0.2) is 16.6 Å². The van der Waals surface area contributed by atoms with Crippen LogP contribution in [0.2, 0.25) is 10.0 Å². The minimum atomic E-state index is -0.867. The molecule has 2 rings (SSSR count). The third-order valence-electron chi connectivity index (χ3n) is 2.84. The quantitative estimate of drug-likeness (QED) is 0.676. The normalized spacial score (nSPS) is 10.6. The van der Waals surface area contributed by atoms with Gasteiger partial charge in [-0.05, 0) is 18.2 Å². The first-order valence-corrected chi connectivity index (χ1v) is 6.61. The fourth-order valence-corrected chi connectivity index (χ4v) is 2.15. The summed E-state index contributed by atoms with van der Waals surface area (Å²) < 4.78 is 13.9. The molecule has 0 radical (unpaired) electrons. The molecule has 1 aromatic heterocycles. The number of aromatic nitrogens is 1. The number of carbonyl (C=O) groups is 2. The molecule has 1 aromatic carbocycles. The molecule has 2 aromatic rings. The van der Waals surface area contributed by atoms with Crippen molar-refractivity contribution in [2.24, 2.45) is 0 Å². The lowest BCUT2D eigenvalue weighted by molar-refractivity contribution is 0.0983. The molecular formula is C14H10Cl2FNO2. The van der Waals surface area contributed by atoms with Gasteiger partial charge in [0.2, 0.25) is 0 Å². The van der Waals surface area contributed by atoms with Crippen LogP contribution in [0.3, 0.4) is 0 Å². The molecule has 3 nitrogen and oxygen atoms in total. The average molecular weight is 314 g/mol. The molecule has 1 N–H and O–H groups in total. The molecular weight excluding hydrogens is 304 g/mol. The SMILES string of the molecule is CCC(=O)c1cc(C(=O)c2c(Cl)ccc(Cl)c2F)c[nH]1. The minimum absolute atomic E-state index is 0.0264. The Balaban J connectivity index is 2.45. The number of ketones is 2. The molecule has 0 fully saturated rings. The molecule has 0 bridgehead atoms. The van der Waals surface area contributed by atoms with Gasteiger partial charge in [-0.15, -0.1) is 0 Å². The molecule has 0 atom stereocenters. The van der Waals surface area contributed by atoms with Gasteiger partial charge < -0.3 is 4.98 Å². The van der Waals surface area contributed by atoms with E-state index in [1.165, 1.54) is 24.4 Å². The molecule has 0 saturated heterocycles. The first-order chi connectivity index (χ1) is 9.45. The second-order valence-electron chi connectivity index (χ2n) is 4.13. The predicted molar refractivity (Wildman–Crippen MR) is 75.3 cm³/mol. The number of hydrogen-bond acceptors (Lipinski definition) is 2. The molecule has 20 heavy (non-hydrogen) atoms. The fraction of sp³-hybridized carbons (Fsp3) is 0.143. The van der Waals surface area contributed by atoms with E-state index in [0.29, 0.717) is 12.1 Å². The highest BCUT2D eigenvalue weighted by molar-refractivity contribution is 6.37. The monoisotopic (exact) mass is 313 g/mol. The third kappa shape index (κ3) is 2.62. The number of carbonyl (C=O) groups excluding carboxylic acids is 2. The Kier molecular flexibility index (Phi) is 4.26. The molecule has 0 amide bonds. The highest BCUT2D eigenvalue weighted by Crippen LogP contribution is 2.28. The van der Waals surface area contributed by atoms with Gasteiger partial charge in [0.25, 0.3) is 0 Å². The Morgan fingerprint density at radius 1 is 1.25 bits per heavy atom. The predicted octanol–water partition coefficient (Wildman–Crippen LogP) is 4.28. The van der Waals surface area contributed by atoms with Crippen LogP contribution < -0.4 is 0 Å². The van der Waals surface area contributed by atoms with Crippen molar-refractivity contribution < 1.29 is 14.0 Å². The summed E-state index contributed by atoms with van der Waals surface area (Å²) in [5.74, 6) is -1.63. The van der Waals surface area contributed by atoms with E-state index in [9.17, 15) is 14.0 Å². The lowest BCUT2D eigenvalue weighted by atomic mass is 10.0. The van der Waals surface area contributed by atoms with E-state index < -0.39 is 11.6 Å². The van der Waals surface area contributed by atoms with Gasteiger partial charge in [0.1, 0.15) is 0 Å². The molecule has 0 aliphatic heterocycles. The summed E-state index contributed by atoms with van der Waals surface area (Å²) in [6.45, 7) is 1.71. The van der Waals surface area contributed by atoms with Crippen LogP contribution in [0.1, 0.15) is 39.8 Å². The van der Waals surface area contributed by atoms with Crippen molar-refractivity contribution in [2.45, 2.75) is 13.3 Å². The van der Waals surface area contributed by atoms with Crippen LogP contribution >= 0.6 is 23.2 Å². The highest BCUT2D eigenvalue weighted by Gasteiger charge is 2.21. The summed E-state index contributed by atoms with van der Waals surface area (Å²) in [7, 11) is 0. The largest absolute Gasteiger partial charge is 0.358 e. The highest BCUT2D eigenvalue weighted by atomic mass is 35.5. The van der Waals surface area contributed by atoms with Gasteiger partial charge in [-0.3, -0.25) is 9.59 Å². The summed E-state index contributed by atoms with van der Waals surface area (Å²) in [5, 5.41) is -0.209. The summed E-state index contributed by atoms with van der Waals surface area (Å²) in [6, 6.07) is 4.01. The molecule has 0 unspecified atom stereocenters. The number of nitrogens with one attached hydrogen (secondary N) is 1. The van der Waals surface area contributed by atoms with E-state index in [-0.39, 0.29) is 27.0 Å². The van der Waals surface area contributed by atoms with Gasteiger partial charge in [-0.1, -0.05) is 30.1 Å². The van der Waals surface area contributed by atoms with Crippen molar-refractivity contribution >= 4 is 34.8 Å². The topological polar surface area (TPSA) is 49.9 Å². The lowest BCUT2D eigenvalue weighted by Crippen LogP contribution is -2.05. The number of halogens is 3. The molecule has 104 valence electrons. The maximum Gasteiger partial charge on any atom is 0.199 e. The Hall–Kier alpha value is -1.65. The van der Waals surface area contributed by atoms with Gasteiger partial charge >= 0.3 is 0 Å². The van der Waals surface area contributed by atoms with E-state index in [4.69, 9.17) is 23.2 Å². The maximum absolute atomic E-state index is 13.9. The van der Waals surface area contributed by atoms with Crippen molar-refractivity contribution in [3.8, 4) is 0 Å². The van der Waals surface area contributed by atoms with Crippen molar-refractivity contribution in [1.82, 2.24) is 4.98 Å². The Bertz CT molecular complexity index is 694. The van der Waals surface area contributed by atoms with Crippen LogP contribution in [0.25, 0.3) is 0 Å². The van der Waals surface area contributed by atoms with Crippen LogP contribution in [-0.2, 0) is 0 Å². The van der Waals surface area contributed by atoms with Gasteiger partial charge in [-0.2, -0.15) is 0 Å². The first kappa shape index (κ1) is 14.8. The van der Waals surface area contributed by atoms with Crippen LogP contribution in [0.15, 0.2) is 24.4 Å². The van der Waals surface area contributed by atoms with E-state index >= 15 is 0 Å². The number of hydrogen-bond donors (Lipinski definition) is 1. The number of aromatic amines is 1. The molecule has 0 aliphatic carbocycles. The van der Waals surface area contributed by atoms with Gasteiger partial charge in [0, 0.05) is 18.2 Å². The number of Topliss-reactive ketones (excluding diaryl/α,β-unsaturated/α-hetero) is 1. The van der Waals surface area contributed by atoms with Crippen LogP contribution in [0.5, 0.6) is 0 Å². The summed E-state index contributed by atoms with van der Waals surface area (Å²) >= 11 is 11.5. The van der Waals surface area contributed by atoms with E-state index in [2.05, 4.69) is 4.98 Å². The zero-order valence-corrected chi connectivity index (χ0v) is 12.0. The average Bonchev–Trinajstić information content (AvgIpc) is 2.92. The summed E-state index contributed by atoms with van der Waals surface area (Å²) in [6.07, 6.45) is 1.66. The standard InChI is InChI=1S/C14H10Cl2FNO2/c1-2-11(19)10-5-7(6-18-10)14(20)12-8(15)3-4-9(16)13(12)17/h3-6,18H,2H2,1H3. The smallest absolute Gasteiger partial charge is 0.199 e. The second kappa shape index (κ2) is 5.77. The minimum Gasteiger partial charge on any atom is -0.358 e. The van der Waals surface area contributed by atoms with Crippen molar-refractivity contribution in [2.75, 3.05) is 0 Å². The fourth-order valence-electron chi connectivity index (χ4n) is 1.76. The van der Waals surface area contributed by atoms with Crippen molar-refractivity contribution in [3.63, 3.8) is 0 Å². The summed E-state index contributed by atoms with van der Waals surface area (Å²) in [5.41, 5.74) is 0.160. The first-order valence-electron chi connectivity index (χ1n) is 5.85. The maximum atomic E-state index is 13.9. The molecule has 6 heteroatoms. The number of rotatable bonds is 4. The van der Waals surface area contributed by atoms with E-state index in [0.717, 1.165) is 0 Å². The van der Waals surface area contributed by atoms with Gasteiger partial charge in [0.05, 0.1) is 21.3 Å². The van der Waals surface area contributed by atoms with E-state index in [1.54, 1.807) is 6.92 Å². The van der Waals surface area contributed by atoms with Crippen LogP contribution in [0, 0.1) is 5.82 Å². The zero-order valence-electron chi connectivity index (χ0n) is 10.5.